The first-order chi connectivity index (χ1) is 6.72. The number of carbonyl (C=O) groups excluding carboxylic acids is 2. The molecule has 0 radical (unpaired) electrons. The molecule has 0 fully saturated rings. The fraction of sp³-hybridized carbons (Fsp3) is 0.273. The van der Waals surface area contributed by atoms with Gasteiger partial charge in [-0.05, 0) is 11.5 Å². The number of allylic oxidation sites excluding steroid dienone is 5. The third-order valence-corrected chi connectivity index (χ3v) is 1.92. The fourth-order valence-electron chi connectivity index (χ4n) is 1.17. The van der Waals surface area contributed by atoms with E-state index in [4.69, 9.17) is 0 Å². The van der Waals surface area contributed by atoms with Gasteiger partial charge in [-0.3, -0.25) is 14.9 Å². The van der Waals surface area contributed by atoms with Crippen molar-refractivity contribution in [3.8, 4) is 0 Å². The van der Waals surface area contributed by atoms with Gasteiger partial charge in [0.25, 0.3) is 0 Å². The summed E-state index contributed by atoms with van der Waals surface area (Å²) >= 11 is 0. The zero-order valence-electron chi connectivity index (χ0n) is 8.07. The molecule has 0 saturated carbocycles. The molecule has 0 aromatic rings. The number of nitrogens with one attached hydrogen (secondary N) is 1. The highest BCUT2D eigenvalue weighted by Crippen LogP contribution is 2.11. The normalized spacial score (nSPS) is 19.8. The molecular weight excluding hydrogens is 178 g/mol. The standard InChI is InChI=1S/C11H13NO2/c1-9-3-2-4-10(6-5-9)7-11(14)12-8-13/h2-6,8-9H,7H2,1H3,(H,12,13,14). The topological polar surface area (TPSA) is 46.2 Å². The molecule has 1 aliphatic rings. The Kier molecular flexibility index (Phi) is 3.85. The van der Waals surface area contributed by atoms with Crippen molar-refractivity contribution in [2.24, 2.45) is 5.92 Å². The lowest BCUT2D eigenvalue weighted by molar-refractivity contribution is -0.124. The van der Waals surface area contributed by atoms with E-state index in [1.165, 1.54) is 0 Å². The third-order valence-electron chi connectivity index (χ3n) is 1.92. The van der Waals surface area contributed by atoms with E-state index in [1.807, 2.05) is 30.4 Å². The van der Waals surface area contributed by atoms with Crippen LogP contribution in [0.1, 0.15) is 13.3 Å². The molecule has 0 heterocycles. The Hall–Kier alpha value is -1.64. The Morgan fingerprint density at radius 3 is 3.07 bits per heavy atom. The Bertz CT molecular complexity index is 313. The zero-order valence-corrected chi connectivity index (χ0v) is 8.07. The monoisotopic (exact) mass is 191 g/mol. The predicted molar refractivity (Wildman–Crippen MR) is 54.4 cm³/mol. The zero-order chi connectivity index (χ0) is 10.4. The molecule has 3 heteroatoms. The van der Waals surface area contributed by atoms with E-state index in [9.17, 15) is 9.59 Å². The van der Waals surface area contributed by atoms with E-state index in [-0.39, 0.29) is 12.3 Å². The molecule has 74 valence electrons. The molecule has 0 bridgehead atoms. The Balaban J connectivity index is 2.57. The molecule has 1 rings (SSSR count). The van der Waals surface area contributed by atoms with Gasteiger partial charge in [0, 0.05) is 0 Å². The molecular formula is C11H13NO2. The highest BCUT2D eigenvalue weighted by molar-refractivity contribution is 5.87. The van der Waals surface area contributed by atoms with E-state index in [0.717, 1.165) is 5.57 Å². The summed E-state index contributed by atoms with van der Waals surface area (Å²) in [6, 6.07) is 0. The summed E-state index contributed by atoms with van der Waals surface area (Å²) in [6.45, 7) is 2.06. The van der Waals surface area contributed by atoms with Crippen LogP contribution in [0.3, 0.4) is 0 Å². The third kappa shape index (κ3) is 3.39. The van der Waals surface area contributed by atoms with E-state index in [0.29, 0.717) is 12.3 Å². The minimum absolute atomic E-state index is 0.242. The summed E-state index contributed by atoms with van der Waals surface area (Å²) < 4.78 is 0. The van der Waals surface area contributed by atoms with Crippen LogP contribution in [0.5, 0.6) is 0 Å². The van der Waals surface area contributed by atoms with Gasteiger partial charge < -0.3 is 0 Å². The molecule has 0 aliphatic heterocycles. The van der Waals surface area contributed by atoms with Gasteiger partial charge in [-0.1, -0.05) is 37.3 Å². The Morgan fingerprint density at radius 2 is 2.36 bits per heavy atom. The minimum Gasteiger partial charge on any atom is -0.299 e. The van der Waals surface area contributed by atoms with Crippen LogP contribution in [0, 0.1) is 5.92 Å². The number of rotatable bonds is 3. The van der Waals surface area contributed by atoms with Crippen molar-refractivity contribution >= 4 is 12.3 Å². The van der Waals surface area contributed by atoms with Crippen LogP contribution < -0.4 is 5.32 Å². The molecule has 0 saturated heterocycles. The van der Waals surface area contributed by atoms with Crippen LogP contribution in [0.25, 0.3) is 0 Å². The lowest BCUT2D eigenvalue weighted by atomic mass is 10.1. The maximum Gasteiger partial charge on any atom is 0.230 e. The largest absolute Gasteiger partial charge is 0.299 e. The van der Waals surface area contributed by atoms with Crippen LogP contribution in [-0.2, 0) is 9.59 Å². The second-order valence-electron chi connectivity index (χ2n) is 3.21. The molecule has 2 amide bonds. The lowest BCUT2D eigenvalue weighted by Gasteiger charge is -1.98. The second-order valence-corrected chi connectivity index (χ2v) is 3.21. The van der Waals surface area contributed by atoms with Crippen LogP contribution in [0.4, 0.5) is 0 Å². The van der Waals surface area contributed by atoms with Gasteiger partial charge in [-0.15, -0.1) is 0 Å². The van der Waals surface area contributed by atoms with Crippen molar-refractivity contribution in [1.82, 2.24) is 5.32 Å². The van der Waals surface area contributed by atoms with Crippen molar-refractivity contribution in [3.05, 3.63) is 36.0 Å². The van der Waals surface area contributed by atoms with Crippen molar-refractivity contribution in [2.75, 3.05) is 0 Å². The lowest BCUT2D eigenvalue weighted by Crippen LogP contribution is -2.21. The molecule has 0 aromatic heterocycles. The van der Waals surface area contributed by atoms with Gasteiger partial charge in [-0.2, -0.15) is 0 Å². The molecule has 14 heavy (non-hydrogen) atoms. The highest BCUT2D eigenvalue weighted by Gasteiger charge is 2.03. The molecule has 1 aliphatic carbocycles. The number of amides is 2. The molecule has 1 atom stereocenters. The average molecular weight is 191 g/mol. The van der Waals surface area contributed by atoms with Crippen LogP contribution in [0.2, 0.25) is 0 Å². The van der Waals surface area contributed by atoms with E-state index < -0.39 is 0 Å². The number of hydrogen-bond donors (Lipinski definition) is 1. The maximum absolute atomic E-state index is 11.1. The summed E-state index contributed by atoms with van der Waals surface area (Å²) in [5.41, 5.74) is 0.907. The second kappa shape index (κ2) is 5.17. The summed E-state index contributed by atoms with van der Waals surface area (Å²) in [4.78, 5) is 21.1. The van der Waals surface area contributed by atoms with Gasteiger partial charge in [0.2, 0.25) is 12.3 Å². The SMILES string of the molecule is CC1C=CC=C(CC(=O)NC=O)C=C1. The van der Waals surface area contributed by atoms with Crippen molar-refractivity contribution in [1.29, 1.82) is 0 Å². The molecule has 1 unspecified atom stereocenters. The van der Waals surface area contributed by atoms with E-state index in [2.05, 4.69) is 12.2 Å². The smallest absolute Gasteiger partial charge is 0.230 e. The maximum atomic E-state index is 11.1. The summed E-state index contributed by atoms with van der Waals surface area (Å²) in [6.07, 6.45) is 10.4. The number of hydrogen-bond acceptors (Lipinski definition) is 2. The first-order valence-corrected chi connectivity index (χ1v) is 4.51. The van der Waals surface area contributed by atoms with Gasteiger partial charge in [0.1, 0.15) is 0 Å². The summed E-state index contributed by atoms with van der Waals surface area (Å²) in [7, 11) is 0. The first kappa shape index (κ1) is 10.4. The first-order valence-electron chi connectivity index (χ1n) is 4.51. The molecule has 3 nitrogen and oxygen atoms in total. The van der Waals surface area contributed by atoms with E-state index in [1.54, 1.807) is 0 Å². The Morgan fingerprint density at radius 1 is 1.57 bits per heavy atom. The molecule has 0 aromatic carbocycles. The quantitative estimate of drug-likeness (QED) is 0.684. The minimum atomic E-state index is -0.279. The van der Waals surface area contributed by atoms with Gasteiger partial charge >= 0.3 is 0 Å². The number of imide groups is 1. The van der Waals surface area contributed by atoms with Crippen LogP contribution in [0.15, 0.2) is 36.0 Å². The van der Waals surface area contributed by atoms with Gasteiger partial charge in [0.05, 0.1) is 6.42 Å². The van der Waals surface area contributed by atoms with Crippen molar-refractivity contribution in [3.63, 3.8) is 0 Å². The molecule has 0 spiro atoms. The fourth-order valence-corrected chi connectivity index (χ4v) is 1.17. The summed E-state index contributed by atoms with van der Waals surface area (Å²) in [5.74, 6) is 0.108. The number of carbonyl (C=O) groups is 2. The van der Waals surface area contributed by atoms with Gasteiger partial charge in [-0.25, -0.2) is 0 Å². The van der Waals surface area contributed by atoms with Gasteiger partial charge in [0.15, 0.2) is 0 Å². The van der Waals surface area contributed by atoms with Crippen molar-refractivity contribution < 1.29 is 9.59 Å². The van der Waals surface area contributed by atoms with Crippen LogP contribution in [-0.4, -0.2) is 12.3 Å². The Labute approximate surface area is 83.2 Å². The van der Waals surface area contributed by atoms with Crippen molar-refractivity contribution in [2.45, 2.75) is 13.3 Å². The van der Waals surface area contributed by atoms with Crippen LogP contribution >= 0.6 is 0 Å². The molecule has 1 N–H and O–H groups in total. The average Bonchev–Trinajstić information content (AvgIpc) is 2.32. The highest BCUT2D eigenvalue weighted by atomic mass is 16.2. The van der Waals surface area contributed by atoms with E-state index >= 15 is 0 Å². The summed E-state index contributed by atoms with van der Waals surface area (Å²) in [5, 5.41) is 2.11. The predicted octanol–water partition coefficient (Wildman–Crippen LogP) is 1.34.